The Bertz CT molecular complexity index is 1450. The third-order valence-corrected chi connectivity index (χ3v) is 7.39. The van der Waals surface area contributed by atoms with Crippen LogP contribution in [0.25, 0.3) is 10.2 Å². The Morgan fingerprint density at radius 1 is 1.16 bits per heavy atom. The second kappa shape index (κ2) is 10.9. The van der Waals surface area contributed by atoms with Gasteiger partial charge in [0.2, 0.25) is 5.91 Å². The van der Waals surface area contributed by atoms with Crippen LogP contribution in [-0.4, -0.2) is 40.8 Å². The predicted molar refractivity (Wildman–Crippen MR) is 142 cm³/mol. The fourth-order valence-electron chi connectivity index (χ4n) is 4.08. The molecule has 0 saturated heterocycles. The lowest BCUT2D eigenvalue weighted by atomic mass is 10.0. The number of esters is 1. The molecule has 3 aromatic rings. The molecule has 2 heterocycles. The molecule has 0 bridgehead atoms. The molecule has 0 aliphatic carbocycles. The number of benzene rings is 1. The Balaban J connectivity index is 2.35. The molecule has 1 aromatic carbocycles. The van der Waals surface area contributed by atoms with Crippen LogP contribution in [0.3, 0.4) is 0 Å². The molecular formula is C26H33N3O7S. The van der Waals surface area contributed by atoms with Gasteiger partial charge in [-0.25, -0.2) is 14.2 Å². The largest absolute Gasteiger partial charge is 0.491 e. The van der Waals surface area contributed by atoms with Crippen molar-refractivity contribution in [3.05, 3.63) is 61.1 Å². The van der Waals surface area contributed by atoms with E-state index in [-0.39, 0.29) is 34.3 Å². The minimum atomic E-state index is -1.64. The number of ether oxygens (including phenoxy) is 3. The monoisotopic (exact) mass is 531 g/mol. The third-order valence-electron chi connectivity index (χ3n) is 6.10. The van der Waals surface area contributed by atoms with Crippen LogP contribution >= 0.6 is 11.3 Å². The number of carbonyl (C=O) groups excluding carboxylic acids is 2. The van der Waals surface area contributed by atoms with Crippen LogP contribution in [0.2, 0.25) is 0 Å². The summed E-state index contributed by atoms with van der Waals surface area (Å²) < 4.78 is 19.1. The van der Waals surface area contributed by atoms with Gasteiger partial charge in [-0.1, -0.05) is 18.2 Å². The van der Waals surface area contributed by atoms with E-state index in [9.17, 15) is 19.2 Å². The number of aryl methyl sites for hydroxylation is 1. The number of amides is 1. The molecule has 0 aliphatic heterocycles. The second-order valence-electron chi connectivity index (χ2n) is 9.34. The average molecular weight is 532 g/mol. The molecular weight excluding hydrogens is 498 g/mol. The van der Waals surface area contributed by atoms with E-state index in [0.717, 1.165) is 15.9 Å². The lowest BCUT2D eigenvalue weighted by molar-refractivity contribution is -0.125. The molecule has 10 nitrogen and oxygen atoms in total. The SMILES string of the molecule is CCOC(=O)c1sc2c(c1C)c(=O)n(C(C)(C)C(N)=O)c(=O)n2C[C@H](OC)c1ccccc1OC(C)C. The Morgan fingerprint density at radius 2 is 1.81 bits per heavy atom. The summed E-state index contributed by atoms with van der Waals surface area (Å²) in [4.78, 5) is 52.9. The van der Waals surface area contributed by atoms with Gasteiger partial charge in [-0.3, -0.25) is 14.2 Å². The van der Waals surface area contributed by atoms with Crippen molar-refractivity contribution in [1.82, 2.24) is 9.13 Å². The van der Waals surface area contributed by atoms with Crippen molar-refractivity contribution in [2.75, 3.05) is 13.7 Å². The molecule has 11 heteroatoms. The van der Waals surface area contributed by atoms with Gasteiger partial charge < -0.3 is 19.9 Å². The van der Waals surface area contributed by atoms with Crippen LogP contribution in [-0.2, 0) is 26.4 Å². The highest BCUT2D eigenvalue weighted by Gasteiger charge is 2.35. The Hall–Kier alpha value is -3.44. The van der Waals surface area contributed by atoms with E-state index >= 15 is 0 Å². The molecule has 200 valence electrons. The van der Waals surface area contributed by atoms with Crippen molar-refractivity contribution < 1.29 is 23.8 Å². The van der Waals surface area contributed by atoms with Gasteiger partial charge in [-0.2, -0.15) is 0 Å². The molecule has 0 radical (unpaired) electrons. The van der Waals surface area contributed by atoms with Gasteiger partial charge >= 0.3 is 11.7 Å². The minimum Gasteiger partial charge on any atom is -0.491 e. The maximum Gasteiger partial charge on any atom is 0.348 e. The molecule has 37 heavy (non-hydrogen) atoms. The van der Waals surface area contributed by atoms with Crippen molar-refractivity contribution in [3.8, 4) is 5.75 Å². The molecule has 0 saturated carbocycles. The highest BCUT2D eigenvalue weighted by molar-refractivity contribution is 7.20. The van der Waals surface area contributed by atoms with Crippen LogP contribution in [0.5, 0.6) is 5.75 Å². The van der Waals surface area contributed by atoms with E-state index in [4.69, 9.17) is 19.9 Å². The topological polar surface area (TPSA) is 132 Å². The van der Waals surface area contributed by atoms with Crippen molar-refractivity contribution in [1.29, 1.82) is 0 Å². The number of thiophene rings is 1. The van der Waals surface area contributed by atoms with Crippen molar-refractivity contribution in [2.45, 2.75) is 65.8 Å². The summed E-state index contributed by atoms with van der Waals surface area (Å²) in [7, 11) is 1.51. The molecule has 0 spiro atoms. The van der Waals surface area contributed by atoms with Crippen molar-refractivity contribution in [3.63, 3.8) is 0 Å². The maximum atomic E-state index is 13.8. The molecule has 0 aliphatic rings. The fraction of sp³-hybridized carbons (Fsp3) is 0.462. The Morgan fingerprint density at radius 3 is 2.38 bits per heavy atom. The summed E-state index contributed by atoms with van der Waals surface area (Å²) in [5, 5.41) is 0.142. The molecule has 2 aromatic heterocycles. The number of nitrogens with two attached hydrogens (primary N) is 1. The van der Waals surface area contributed by atoms with Gasteiger partial charge in [-0.05, 0) is 53.2 Å². The third kappa shape index (κ3) is 5.19. The quantitative estimate of drug-likeness (QED) is 0.398. The van der Waals surface area contributed by atoms with Crippen LogP contribution in [0.15, 0.2) is 33.9 Å². The Labute approximate surface area is 218 Å². The first-order valence-corrected chi connectivity index (χ1v) is 12.7. The first-order chi connectivity index (χ1) is 17.4. The number of hydrogen-bond donors (Lipinski definition) is 1. The number of aromatic nitrogens is 2. The van der Waals surface area contributed by atoms with Gasteiger partial charge in [-0.15, -0.1) is 11.3 Å². The lowest BCUT2D eigenvalue weighted by Gasteiger charge is -2.26. The number of fused-ring (bicyclic) bond motifs is 1. The summed E-state index contributed by atoms with van der Waals surface area (Å²) in [6.07, 6.45) is -0.759. The zero-order valence-electron chi connectivity index (χ0n) is 22.1. The summed E-state index contributed by atoms with van der Waals surface area (Å²) >= 11 is 0.989. The fourth-order valence-corrected chi connectivity index (χ4v) is 5.27. The number of hydrogen-bond acceptors (Lipinski definition) is 8. The van der Waals surface area contributed by atoms with E-state index in [0.29, 0.717) is 16.9 Å². The van der Waals surface area contributed by atoms with E-state index in [1.165, 1.54) is 25.5 Å². The minimum absolute atomic E-state index is 0.0261. The van der Waals surface area contributed by atoms with Crippen molar-refractivity contribution in [2.24, 2.45) is 5.73 Å². The normalized spacial score (nSPS) is 12.6. The molecule has 0 fully saturated rings. The number of carbonyl (C=O) groups is 2. The van der Waals surface area contributed by atoms with Crippen LogP contribution in [0, 0.1) is 6.92 Å². The van der Waals surface area contributed by atoms with Gasteiger partial charge in [0, 0.05) is 12.7 Å². The standard InChI is InChI=1S/C26H33N3O7S/c1-8-35-23(31)20-15(4)19-21(30)29(26(5,6)24(27)32)25(33)28(22(19)37-20)13-18(34-7)16-11-9-10-12-17(16)36-14(2)3/h9-12,14,18H,8,13H2,1-7H3,(H2,27,32)/t18-/m0/s1. The average Bonchev–Trinajstić information content (AvgIpc) is 3.17. The van der Waals surface area contributed by atoms with Crippen LogP contribution in [0.1, 0.15) is 61.5 Å². The van der Waals surface area contributed by atoms with E-state index < -0.39 is 34.8 Å². The molecule has 3 rings (SSSR count). The van der Waals surface area contributed by atoms with E-state index in [2.05, 4.69) is 0 Å². The zero-order chi connectivity index (χ0) is 27.7. The number of rotatable bonds is 10. The zero-order valence-corrected chi connectivity index (χ0v) is 22.9. The number of nitrogens with zero attached hydrogens (tertiary/aromatic N) is 2. The van der Waals surface area contributed by atoms with Gasteiger partial charge in [0.15, 0.2) is 0 Å². The Kier molecular flexibility index (Phi) is 8.28. The first-order valence-electron chi connectivity index (χ1n) is 11.9. The molecule has 2 N–H and O–H groups in total. The van der Waals surface area contributed by atoms with Gasteiger partial charge in [0.05, 0.1) is 24.6 Å². The number of para-hydroxylation sites is 1. The molecule has 1 atom stereocenters. The van der Waals surface area contributed by atoms with Crippen LogP contribution < -0.4 is 21.7 Å². The van der Waals surface area contributed by atoms with E-state index in [1.54, 1.807) is 13.8 Å². The van der Waals surface area contributed by atoms with Crippen LogP contribution in [0.4, 0.5) is 0 Å². The van der Waals surface area contributed by atoms with E-state index in [1.807, 2.05) is 38.1 Å². The number of primary amides is 1. The lowest BCUT2D eigenvalue weighted by Crippen LogP contribution is -2.54. The summed E-state index contributed by atoms with van der Waals surface area (Å²) in [6.45, 7) is 10.0. The predicted octanol–water partition coefficient (Wildman–Crippen LogP) is 3.11. The summed E-state index contributed by atoms with van der Waals surface area (Å²) in [5.41, 5.74) is 3.56. The smallest absolute Gasteiger partial charge is 0.348 e. The van der Waals surface area contributed by atoms with Gasteiger partial charge in [0.1, 0.15) is 27.1 Å². The highest BCUT2D eigenvalue weighted by Crippen LogP contribution is 2.33. The number of methoxy groups -OCH3 is 1. The summed E-state index contributed by atoms with van der Waals surface area (Å²) in [6, 6.07) is 7.31. The maximum absolute atomic E-state index is 13.8. The second-order valence-corrected chi connectivity index (χ2v) is 10.3. The first kappa shape index (κ1) is 28.1. The summed E-state index contributed by atoms with van der Waals surface area (Å²) in [5.74, 6) is -0.858. The molecule has 0 unspecified atom stereocenters. The highest BCUT2D eigenvalue weighted by atomic mass is 32.1. The van der Waals surface area contributed by atoms with Crippen molar-refractivity contribution >= 4 is 33.4 Å². The molecule has 1 amide bonds. The van der Waals surface area contributed by atoms with Gasteiger partial charge in [0.25, 0.3) is 5.56 Å².